The van der Waals surface area contributed by atoms with E-state index in [9.17, 15) is 14.9 Å². The van der Waals surface area contributed by atoms with Crippen LogP contribution in [0.1, 0.15) is 57.9 Å². The van der Waals surface area contributed by atoms with Crippen molar-refractivity contribution in [3.63, 3.8) is 0 Å². The van der Waals surface area contributed by atoms with Crippen LogP contribution in [0.3, 0.4) is 0 Å². The number of hydrogen-bond donors (Lipinski definition) is 1. The van der Waals surface area contributed by atoms with Crippen LogP contribution in [0.5, 0.6) is 5.75 Å². The zero-order valence-electron chi connectivity index (χ0n) is 16.4. The Morgan fingerprint density at radius 1 is 1.32 bits per heavy atom. The molecule has 0 unspecified atom stereocenters. The van der Waals surface area contributed by atoms with Gasteiger partial charge in [0.2, 0.25) is 5.88 Å². The SMILES string of the molecule is CCCC(=O)Oc1ccc([C@H]2C(C#N)=C(N)OC3=C2C(=O)CC(C)(C)C3)cc1. The Bertz CT molecular complexity index is 917. The molecule has 1 aliphatic carbocycles. The second-order valence-corrected chi connectivity index (χ2v) is 8.00. The molecule has 0 radical (unpaired) electrons. The summed E-state index contributed by atoms with van der Waals surface area (Å²) in [6.07, 6.45) is 2.03. The van der Waals surface area contributed by atoms with E-state index in [1.54, 1.807) is 24.3 Å². The molecule has 1 heterocycles. The van der Waals surface area contributed by atoms with Gasteiger partial charge in [0.15, 0.2) is 5.78 Å². The Morgan fingerprint density at radius 3 is 2.61 bits per heavy atom. The number of Topliss-reactive ketones (excluding diaryl/α,β-unsaturated/α-hetero) is 1. The first-order valence-electron chi connectivity index (χ1n) is 9.40. The van der Waals surface area contributed by atoms with Crippen molar-refractivity contribution in [2.24, 2.45) is 11.1 Å². The van der Waals surface area contributed by atoms with Crippen molar-refractivity contribution in [3.8, 4) is 11.8 Å². The molecular formula is C22H24N2O4. The van der Waals surface area contributed by atoms with Crippen LogP contribution in [0.2, 0.25) is 0 Å². The molecule has 2 N–H and O–H groups in total. The Kier molecular flexibility index (Phi) is 5.28. The molecule has 146 valence electrons. The second kappa shape index (κ2) is 7.51. The lowest BCUT2D eigenvalue weighted by Gasteiger charge is -2.37. The number of allylic oxidation sites excluding steroid dienone is 3. The van der Waals surface area contributed by atoms with Gasteiger partial charge < -0.3 is 15.2 Å². The van der Waals surface area contributed by atoms with E-state index >= 15 is 0 Å². The number of carbonyl (C=O) groups excluding carboxylic acids is 2. The molecule has 0 spiro atoms. The maximum absolute atomic E-state index is 12.9. The number of nitrogens with two attached hydrogens (primary N) is 1. The first kappa shape index (κ1) is 19.7. The Balaban J connectivity index is 1.98. The quantitative estimate of drug-likeness (QED) is 0.629. The summed E-state index contributed by atoms with van der Waals surface area (Å²) in [5.41, 5.74) is 7.25. The third kappa shape index (κ3) is 3.79. The van der Waals surface area contributed by atoms with Gasteiger partial charge in [-0.2, -0.15) is 5.26 Å². The minimum atomic E-state index is -0.572. The molecule has 0 saturated carbocycles. The topological polar surface area (TPSA) is 102 Å². The molecule has 0 saturated heterocycles. The molecule has 1 aromatic carbocycles. The van der Waals surface area contributed by atoms with Gasteiger partial charge in [-0.3, -0.25) is 9.59 Å². The highest BCUT2D eigenvalue weighted by atomic mass is 16.5. The number of carbonyl (C=O) groups is 2. The van der Waals surface area contributed by atoms with Gasteiger partial charge in [0.1, 0.15) is 23.2 Å². The fourth-order valence-electron chi connectivity index (χ4n) is 3.73. The van der Waals surface area contributed by atoms with Crippen molar-refractivity contribution in [2.45, 2.75) is 52.4 Å². The zero-order chi connectivity index (χ0) is 20.5. The Hall–Kier alpha value is -3.07. The molecule has 3 rings (SSSR count). The van der Waals surface area contributed by atoms with E-state index in [2.05, 4.69) is 6.07 Å². The van der Waals surface area contributed by atoms with E-state index in [4.69, 9.17) is 15.2 Å². The average molecular weight is 380 g/mol. The highest BCUT2D eigenvalue weighted by Gasteiger charge is 2.42. The van der Waals surface area contributed by atoms with Gasteiger partial charge in [-0.05, 0) is 29.5 Å². The summed E-state index contributed by atoms with van der Waals surface area (Å²) in [5, 5.41) is 9.63. The molecule has 1 atom stereocenters. The maximum atomic E-state index is 12.9. The molecule has 0 aromatic heterocycles. The third-order valence-electron chi connectivity index (χ3n) is 4.97. The van der Waals surface area contributed by atoms with E-state index in [0.29, 0.717) is 42.8 Å². The summed E-state index contributed by atoms with van der Waals surface area (Å²) < 4.78 is 11.0. The largest absolute Gasteiger partial charge is 0.444 e. The lowest BCUT2D eigenvalue weighted by atomic mass is 9.70. The normalized spacial score (nSPS) is 20.9. The summed E-state index contributed by atoms with van der Waals surface area (Å²) in [6.45, 7) is 5.92. The van der Waals surface area contributed by atoms with E-state index < -0.39 is 5.92 Å². The predicted molar refractivity (Wildman–Crippen MR) is 103 cm³/mol. The summed E-state index contributed by atoms with van der Waals surface area (Å²) in [4.78, 5) is 24.6. The molecule has 28 heavy (non-hydrogen) atoms. The molecular weight excluding hydrogens is 356 g/mol. The third-order valence-corrected chi connectivity index (χ3v) is 4.97. The molecule has 6 heteroatoms. The van der Waals surface area contributed by atoms with Crippen molar-refractivity contribution in [3.05, 3.63) is 52.6 Å². The molecule has 0 bridgehead atoms. The monoisotopic (exact) mass is 380 g/mol. The maximum Gasteiger partial charge on any atom is 0.311 e. The van der Waals surface area contributed by atoms with Crippen molar-refractivity contribution in [1.82, 2.24) is 0 Å². The number of rotatable bonds is 4. The highest BCUT2D eigenvalue weighted by Crippen LogP contribution is 2.47. The number of nitriles is 1. The van der Waals surface area contributed by atoms with Crippen molar-refractivity contribution < 1.29 is 19.1 Å². The van der Waals surface area contributed by atoms with E-state index in [1.807, 2.05) is 20.8 Å². The summed E-state index contributed by atoms with van der Waals surface area (Å²) in [5.74, 6) is 0.108. The van der Waals surface area contributed by atoms with Gasteiger partial charge in [-0.25, -0.2) is 0 Å². The van der Waals surface area contributed by atoms with Gasteiger partial charge in [-0.1, -0.05) is 32.9 Å². The highest BCUT2D eigenvalue weighted by molar-refractivity contribution is 6.00. The fraction of sp³-hybridized carbons (Fsp3) is 0.409. The van der Waals surface area contributed by atoms with Crippen LogP contribution in [-0.2, 0) is 14.3 Å². The van der Waals surface area contributed by atoms with Crippen molar-refractivity contribution in [1.29, 1.82) is 5.26 Å². The van der Waals surface area contributed by atoms with Crippen LogP contribution >= 0.6 is 0 Å². The van der Waals surface area contributed by atoms with E-state index in [1.165, 1.54) is 0 Å². The van der Waals surface area contributed by atoms with Crippen molar-refractivity contribution in [2.75, 3.05) is 0 Å². The second-order valence-electron chi connectivity index (χ2n) is 8.00. The number of ketones is 1. The minimum absolute atomic E-state index is 0.0325. The summed E-state index contributed by atoms with van der Waals surface area (Å²) in [7, 11) is 0. The van der Waals surface area contributed by atoms with Crippen LogP contribution in [0.4, 0.5) is 0 Å². The van der Waals surface area contributed by atoms with Crippen LogP contribution in [-0.4, -0.2) is 11.8 Å². The first-order valence-corrected chi connectivity index (χ1v) is 9.40. The number of hydrogen-bond acceptors (Lipinski definition) is 6. The van der Waals surface area contributed by atoms with Crippen LogP contribution in [0, 0.1) is 16.7 Å². The standard InChI is InChI=1S/C22H24N2O4/c1-4-5-18(26)27-14-8-6-13(7-9-14)19-15(12-23)21(24)28-17-11-22(2,3)10-16(25)20(17)19/h6-9,19H,4-5,10-11,24H2,1-3H3/t19-/m0/s1. The van der Waals surface area contributed by atoms with E-state index in [-0.39, 0.29) is 28.6 Å². The van der Waals surface area contributed by atoms with Gasteiger partial charge in [0, 0.05) is 24.8 Å². The number of benzene rings is 1. The lowest BCUT2D eigenvalue weighted by molar-refractivity contribution is -0.134. The Morgan fingerprint density at radius 2 is 2.00 bits per heavy atom. The van der Waals surface area contributed by atoms with Gasteiger partial charge in [-0.15, -0.1) is 0 Å². The van der Waals surface area contributed by atoms with Crippen LogP contribution in [0.25, 0.3) is 0 Å². The van der Waals surface area contributed by atoms with Crippen LogP contribution in [0.15, 0.2) is 47.1 Å². The summed E-state index contributed by atoms with van der Waals surface area (Å²) in [6, 6.07) is 8.95. The smallest absolute Gasteiger partial charge is 0.311 e. The zero-order valence-corrected chi connectivity index (χ0v) is 16.4. The minimum Gasteiger partial charge on any atom is -0.444 e. The van der Waals surface area contributed by atoms with Crippen molar-refractivity contribution >= 4 is 11.8 Å². The molecule has 1 aliphatic heterocycles. The molecule has 1 aromatic rings. The Labute approximate surface area is 164 Å². The number of nitrogens with zero attached hydrogens (tertiary/aromatic N) is 1. The van der Waals surface area contributed by atoms with Crippen LogP contribution < -0.4 is 10.5 Å². The lowest BCUT2D eigenvalue weighted by Crippen LogP contribution is -2.33. The van der Waals surface area contributed by atoms with Gasteiger partial charge >= 0.3 is 5.97 Å². The molecule has 0 amide bonds. The number of ether oxygens (including phenoxy) is 2. The summed E-state index contributed by atoms with van der Waals surface area (Å²) >= 11 is 0. The molecule has 6 nitrogen and oxygen atoms in total. The average Bonchev–Trinajstić information content (AvgIpc) is 2.60. The predicted octanol–water partition coefficient (Wildman–Crippen LogP) is 3.84. The molecule has 2 aliphatic rings. The van der Waals surface area contributed by atoms with E-state index in [0.717, 1.165) is 5.56 Å². The van der Waals surface area contributed by atoms with Gasteiger partial charge in [0.05, 0.1) is 5.92 Å². The van der Waals surface area contributed by atoms with Gasteiger partial charge in [0.25, 0.3) is 0 Å². The molecule has 0 fully saturated rings. The fourth-order valence-corrected chi connectivity index (χ4v) is 3.73. The first-order chi connectivity index (χ1) is 13.3. The number of esters is 1.